The first-order valence-corrected chi connectivity index (χ1v) is 7.36. The summed E-state index contributed by atoms with van der Waals surface area (Å²) in [4.78, 5) is 14.4. The highest BCUT2D eigenvalue weighted by atomic mass is 35.5. The number of para-hydroxylation sites is 1. The van der Waals surface area contributed by atoms with Gasteiger partial charge in [0.15, 0.2) is 11.3 Å². The molecule has 4 nitrogen and oxygen atoms in total. The van der Waals surface area contributed by atoms with Crippen molar-refractivity contribution in [2.45, 2.75) is 19.8 Å². The van der Waals surface area contributed by atoms with Crippen molar-refractivity contribution in [1.82, 2.24) is 4.90 Å². The Bertz CT molecular complexity index is 737. The maximum atomic E-state index is 12.6. The minimum atomic E-state index is -0.115. The summed E-state index contributed by atoms with van der Waals surface area (Å²) in [6.45, 7) is 3.07. The third-order valence-electron chi connectivity index (χ3n) is 4.07. The van der Waals surface area contributed by atoms with Gasteiger partial charge in [-0.3, -0.25) is 4.79 Å². The van der Waals surface area contributed by atoms with Gasteiger partial charge < -0.3 is 9.32 Å². The molecule has 0 N–H and O–H groups in total. The fourth-order valence-corrected chi connectivity index (χ4v) is 2.98. The van der Waals surface area contributed by atoms with Gasteiger partial charge in [-0.2, -0.15) is 5.26 Å². The third kappa shape index (κ3) is 2.38. The number of amides is 1. The molecular formula is C16H15ClN2O2. The normalized spacial score (nSPS) is 16.1. The van der Waals surface area contributed by atoms with Crippen LogP contribution in [0.5, 0.6) is 0 Å². The molecule has 0 spiro atoms. The topological polar surface area (TPSA) is 57.2 Å². The van der Waals surface area contributed by atoms with Crippen molar-refractivity contribution in [2.24, 2.45) is 5.92 Å². The molecule has 1 aromatic heterocycles. The lowest BCUT2D eigenvalue weighted by Gasteiger charge is -2.28. The minimum absolute atomic E-state index is 0.0558. The highest BCUT2D eigenvalue weighted by Gasteiger charge is 2.27. The fraction of sp³-hybridized carbons (Fsp3) is 0.375. The predicted molar refractivity (Wildman–Crippen MR) is 80.2 cm³/mol. The molecule has 0 aliphatic carbocycles. The molecule has 1 fully saturated rings. The van der Waals surface area contributed by atoms with Gasteiger partial charge in [0.25, 0.3) is 5.91 Å². The van der Waals surface area contributed by atoms with Crippen molar-refractivity contribution in [2.75, 3.05) is 13.1 Å². The second kappa shape index (κ2) is 5.42. The molecule has 0 bridgehead atoms. The van der Waals surface area contributed by atoms with E-state index < -0.39 is 0 Å². The van der Waals surface area contributed by atoms with Gasteiger partial charge >= 0.3 is 0 Å². The Hall–Kier alpha value is -1.99. The van der Waals surface area contributed by atoms with Gasteiger partial charge in [0.1, 0.15) is 0 Å². The zero-order chi connectivity index (χ0) is 15.0. The zero-order valence-corrected chi connectivity index (χ0v) is 12.5. The number of rotatable bonds is 1. The Morgan fingerprint density at radius 1 is 1.43 bits per heavy atom. The van der Waals surface area contributed by atoms with Crippen LogP contribution in [0.25, 0.3) is 11.0 Å². The van der Waals surface area contributed by atoms with Crippen LogP contribution in [0.2, 0.25) is 5.02 Å². The van der Waals surface area contributed by atoms with Crippen LogP contribution in [0.4, 0.5) is 0 Å². The summed E-state index contributed by atoms with van der Waals surface area (Å²) in [7, 11) is 0. The van der Waals surface area contributed by atoms with E-state index in [2.05, 4.69) is 6.07 Å². The third-order valence-corrected chi connectivity index (χ3v) is 4.37. The number of halogens is 1. The summed E-state index contributed by atoms with van der Waals surface area (Å²) in [5.74, 6) is 0.296. The molecule has 1 aromatic carbocycles. The van der Waals surface area contributed by atoms with Crippen LogP contribution in [0.15, 0.2) is 22.6 Å². The van der Waals surface area contributed by atoms with Crippen LogP contribution in [-0.2, 0) is 0 Å². The summed E-state index contributed by atoms with van der Waals surface area (Å²) in [5, 5.41) is 10.3. The number of aryl methyl sites for hydroxylation is 1. The van der Waals surface area contributed by atoms with Crippen molar-refractivity contribution in [1.29, 1.82) is 5.26 Å². The van der Waals surface area contributed by atoms with Gasteiger partial charge in [0.2, 0.25) is 0 Å². The molecule has 0 saturated carbocycles. The summed E-state index contributed by atoms with van der Waals surface area (Å²) in [6, 6.07) is 7.76. The van der Waals surface area contributed by atoms with Crippen molar-refractivity contribution >= 4 is 28.5 Å². The number of piperidine rings is 1. The summed E-state index contributed by atoms with van der Waals surface area (Å²) >= 11 is 6.12. The standard InChI is InChI=1S/C16H15ClN2O2/c1-10-12-3-2-4-13(17)15(12)21-14(10)16(20)19-7-5-11(9-18)6-8-19/h2-4,11H,5-8H2,1H3. The van der Waals surface area contributed by atoms with E-state index in [1.165, 1.54) is 0 Å². The highest BCUT2D eigenvalue weighted by molar-refractivity contribution is 6.35. The number of carbonyl (C=O) groups is 1. The van der Waals surface area contributed by atoms with Crippen LogP contribution in [-0.4, -0.2) is 23.9 Å². The number of hydrogen-bond donors (Lipinski definition) is 0. The van der Waals surface area contributed by atoms with Crippen molar-refractivity contribution in [3.05, 3.63) is 34.5 Å². The van der Waals surface area contributed by atoms with Crippen molar-refractivity contribution < 1.29 is 9.21 Å². The number of nitriles is 1. The number of nitrogens with zero attached hydrogens (tertiary/aromatic N) is 2. The average Bonchev–Trinajstić information content (AvgIpc) is 2.85. The van der Waals surface area contributed by atoms with Crippen LogP contribution >= 0.6 is 11.6 Å². The van der Waals surface area contributed by atoms with E-state index in [-0.39, 0.29) is 11.8 Å². The quantitative estimate of drug-likeness (QED) is 0.805. The molecule has 21 heavy (non-hydrogen) atoms. The molecule has 0 radical (unpaired) electrons. The van der Waals surface area contributed by atoms with Crippen LogP contribution < -0.4 is 0 Å². The number of hydrogen-bond acceptors (Lipinski definition) is 3. The number of likely N-dealkylation sites (tertiary alicyclic amines) is 1. The van der Waals surface area contributed by atoms with Gasteiger partial charge in [-0.1, -0.05) is 23.7 Å². The van der Waals surface area contributed by atoms with Crippen molar-refractivity contribution in [3.63, 3.8) is 0 Å². The minimum Gasteiger partial charge on any atom is -0.449 e. The lowest BCUT2D eigenvalue weighted by atomic mass is 9.98. The van der Waals surface area contributed by atoms with Crippen LogP contribution in [0.1, 0.15) is 29.0 Å². The van der Waals surface area contributed by atoms with Gasteiger partial charge in [-0.05, 0) is 25.8 Å². The van der Waals surface area contributed by atoms with Crippen molar-refractivity contribution in [3.8, 4) is 6.07 Å². The molecule has 108 valence electrons. The highest BCUT2D eigenvalue weighted by Crippen LogP contribution is 2.31. The first-order chi connectivity index (χ1) is 10.1. The van der Waals surface area contributed by atoms with Crippen LogP contribution in [0.3, 0.4) is 0 Å². The van der Waals surface area contributed by atoms with E-state index in [0.717, 1.165) is 23.8 Å². The molecule has 2 heterocycles. The molecule has 3 rings (SSSR count). The second-order valence-corrected chi connectivity index (χ2v) is 5.78. The average molecular weight is 303 g/mol. The first-order valence-electron chi connectivity index (χ1n) is 6.98. The van der Waals surface area contributed by atoms with Gasteiger partial charge in [0.05, 0.1) is 11.1 Å². The maximum Gasteiger partial charge on any atom is 0.289 e. The SMILES string of the molecule is Cc1c(C(=O)N2CCC(C#N)CC2)oc2c(Cl)cccc12. The Morgan fingerprint density at radius 3 is 2.76 bits per heavy atom. The summed E-state index contributed by atoms with van der Waals surface area (Å²) in [5.41, 5.74) is 1.38. The Labute approximate surface area is 127 Å². The molecule has 0 unspecified atom stereocenters. The largest absolute Gasteiger partial charge is 0.449 e. The lowest BCUT2D eigenvalue weighted by Crippen LogP contribution is -2.38. The number of benzene rings is 1. The summed E-state index contributed by atoms with van der Waals surface area (Å²) in [6.07, 6.45) is 1.45. The maximum absolute atomic E-state index is 12.6. The van der Waals surface area contributed by atoms with Crippen LogP contribution in [0, 0.1) is 24.2 Å². The molecule has 0 atom stereocenters. The molecule has 5 heteroatoms. The molecule has 1 saturated heterocycles. The summed E-state index contributed by atoms with van der Waals surface area (Å²) < 4.78 is 5.71. The van der Waals surface area contributed by atoms with E-state index in [1.807, 2.05) is 19.1 Å². The molecule has 1 aliphatic rings. The fourth-order valence-electron chi connectivity index (χ4n) is 2.77. The Morgan fingerprint density at radius 2 is 2.14 bits per heavy atom. The Balaban J connectivity index is 1.91. The number of carbonyl (C=O) groups excluding carboxylic acids is 1. The van der Waals surface area contributed by atoms with E-state index >= 15 is 0 Å². The number of furan rings is 1. The van der Waals surface area contributed by atoms with Gasteiger partial charge in [0, 0.05) is 30.0 Å². The molecule has 1 aliphatic heterocycles. The zero-order valence-electron chi connectivity index (χ0n) is 11.7. The first kappa shape index (κ1) is 14.0. The number of fused-ring (bicyclic) bond motifs is 1. The molecule has 2 aromatic rings. The van der Waals surface area contributed by atoms with E-state index in [4.69, 9.17) is 21.3 Å². The smallest absolute Gasteiger partial charge is 0.289 e. The van der Waals surface area contributed by atoms with E-state index in [1.54, 1.807) is 11.0 Å². The van der Waals surface area contributed by atoms with Gasteiger partial charge in [-0.25, -0.2) is 0 Å². The van der Waals surface area contributed by atoms with E-state index in [9.17, 15) is 4.79 Å². The van der Waals surface area contributed by atoms with E-state index in [0.29, 0.717) is 29.5 Å². The van der Waals surface area contributed by atoms with Gasteiger partial charge in [-0.15, -0.1) is 0 Å². The Kier molecular flexibility index (Phi) is 3.60. The molecule has 1 amide bonds. The molecular weight excluding hydrogens is 288 g/mol. The lowest BCUT2D eigenvalue weighted by molar-refractivity contribution is 0.0676. The second-order valence-electron chi connectivity index (χ2n) is 5.37. The predicted octanol–water partition coefficient (Wildman–Crippen LogP) is 3.77. The monoisotopic (exact) mass is 302 g/mol.